The van der Waals surface area contributed by atoms with Crippen molar-refractivity contribution < 1.29 is 14.3 Å². The van der Waals surface area contributed by atoms with Crippen molar-refractivity contribution >= 4 is 11.8 Å². The summed E-state index contributed by atoms with van der Waals surface area (Å²) in [5.74, 6) is -1.62. The van der Waals surface area contributed by atoms with E-state index in [4.69, 9.17) is 15.7 Å². The highest BCUT2D eigenvalue weighted by molar-refractivity contribution is 5.88. The van der Waals surface area contributed by atoms with Gasteiger partial charge in [0.25, 0.3) is 0 Å². The molecule has 0 aliphatic heterocycles. The van der Waals surface area contributed by atoms with Crippen molar-refractivity contribution in [2.24, 2.45) is 17.6 Å². The summed E-state index contributed by atoms with van der Waals surface area (Å²) in [4.78, 5) is 23.0. The number of nitrogens with zero attached hydrogens (tertiary/aromatic N) is 1. The first-order valence-electron chi connectivity index (χ1n) is 6.06. The quantitative estimate of drug-likeness (QED) is 0.717. The second-order valence-electron chi connectivity index (χ2n) is 4.62. The maximum atomic E-state index is 11.5. The van der Waals surface area contributed by atoms with Gasteiger partial charge in [0.2, 0.25) is 0 Å². The maximum absolute atomic E-state index is 11.5. The van der Waals surface area contributed by atoms with Gasteiger partial charge in [0.15, 0.2) is 12.4 Å². The highest BCUT2D eigenvalue weighted by atomic mass is 16.5. The Labute approximate surface area is 107 Å². The van der Waals surface area contributed by atoms with Crippen molar-refractivity contribution in [3.8, 4) is 6.07 Å². The molecule has 18 heavy (non-hydrogen) atoms. The summed E-state index contributed by atoms with van der Waals surface area (Å²) < 4.78 is 4.86. The summed E-state index contributed by atoms with van der Waals surface area (Å²) in [6.07, 6.45) is 4.75. The molecule has 1 aliphatic carbocycles. The van der Waals surface area contributed by atoms with Crippen LogP contribution in [-0.4, -0.2) is 18.4 Å². The van der Waals surface area contributed by atoms with Crippen molar-refractivity contribution in [2.45, 2.75) is 32.1 Å². The smallest absolute Gasteiger partial charge is 0.306 e. The number of nitrogens with two attached hydrogens (primary N) is 1. The Bertz CT molecular complexity index is 378. The van der Waals surface area contributed by atoms with Crippen molar-refractivity contribution in [3.05, 3.63) is 12.3 Å². The zero-order valence-electron chi connectivity index (χ0n) is 10.4. The number of hydrogen-bond acceptors (Lipinski definition) is 5. The Balaban J connectivity index is 2.31. The molecule has 0 bridgehead atoms. The first-order valence-corrected chi connectivity index (χ1v) is 6.06. The lowest BCUT2D eigenvalue weighted by Gasteiger charge is -2.10. The topological polar surface area (TPSA) is 93.2 Å². The van der Waals surface area contributed by atoms with Gasteiger partial charge >= 0.3 is 5.97 Å². The van der Waals surface area contributed by atoms with Crippen molar-refractivity contribution in [2.75, 3.05) is 6.61 Å². The minimum Gasteiger partial charge on any atom is -0.458 e. The third kappa shape index (κ3) is 4.21. The van der Waals surface area contributed by atoms with Gasteiger partial charge in [-0.2, -0.15) is 5.26 Å². The summed E-state index contributed by atoms with van der Waals surface area (Å²) in [5, 5.41) is 8.71. The fourth-order valence-corrected chi connectivity index (χ4v) is 2.11. The summed E-state index contributed by atoms with van der Waals surface area (Å²) in [7, 11) is 0. The van der Waals surface area contributed by atoms with Gasteiger partial charge in [0, 0.05) is 12.1 Å². The molecule has 0 spiro atoms. The number of Topliss-reactive ketones (excluding diaryl/α,β-unsaturated/α-hetero) is 1. The number of allylic oxidation sites excluding steroid dienone is 1. The molecule has 0 amide bonds. The van der Waals surface area contributed by atoms with Crippen LogP contribution in [0.4, 0.5) is 0 Å². The minimum atomic E-state index is -1.09. The van der Waals surface area contributed by atoms with Crippen LogP contribution in [-0.2, 0) is 14.3 Å². The molecule has 0 aromatic rings. The third-order valence-electron chi connectivity index (χ3n) is 3.13. The van der Waals surface area contributed by atoms with Crippen LogP contribution in [0.15, 0.2) is 12.3 Å². The Hall–Kier alpha value is -1.83. The van der Waals surface area contributed by atoms with E-state index in [0.717, 1.165) is 25.7 Å². The monoisotopic (exact) mass is 250 g/mol. The number of carbonyl (C=O) groups excluding carboxylic acids is 2. The van der Waals surface area contributed by atoms with Crippen LogP contribution in [0.3, 0.4) is 0 Å². The summed E-state index contributed by atoms with van der Waals surface area (Å²) in [6.45, 7) is 2.95. The average molecular weight is 250 g/mol. The largest absolute Gasteiger partial charge is 0.458 e. The summed E-state index contributed by atoms with van der Waals surface area (Å²) >= 11 is 0. The number of nitriles is 1. The summed E-state index contributed by atoms with van der Waals surface area (Å²) in [5.41, 5.74) is 5.29. The van der Waals surface area contributed by atoms with Crippen LogP contribution in [0.5, 0.6) is 0 Å². The third-order valence-corrected chi connectivity index (χ3v) is 3.13. The number of rotatable bonds is 6. The molecule has 1 fully saturated rings. The van der Waals surface area contributed by atoms with E-state index in [1.54, 1.807) is 6.07 Å². The van der Waals surface area contributed by atoms with Crippen molar-refractivity contribution in [1.29, 1.82) is 5.26 Å². The average Bonchev–Trinajstić information content (AvgIpc) is 2.79. The van der Waals surface area contributed by atoms with Gasteiger partial charge < -0.3 is 10.5 Å². The predicted octanol–water partition coefficient (Wildman–Crippen LogP) is 1.29. The highest BCUT2D eigenvalue weighted by Crippen LogP contribution is 2.27. The van der Waals surface area contributed by atoms with Crippen molar-refractivity contribution in [1.82, 2.24) is 0 Å². The molecule has 0 radical (unpaired) electrons. The second kappa shape index (κ2) is 6.80. The molecule has 0 saturated heterocycles. The molecule has 0 aromatic heterocycles. The molecule has 1 saturated carbocycles. The van der Waals surface area contributed by atoms with E-state index in [1.165, 1.54) is 0 Å². The summed E-state index contributed by atoms with van der Waals surface area (Å²) in [6, 6.07) is 1.73. The normalized spacial score (nSPS) is 16.8. The predicted molar refractivity (Wildman–Crippen MR) is 65.0 cm³/mol. The lowest BCUT2D eigenvalue weighted by Crippen LogP contribution is -2.25. The molecule has 98 valence electrons. The van der Waals surface area contributed by atoms with E-state index in [9.17, 15) is 9.59 Å². The van der Waals surface area contributed by atoms with Crippen LogP contribution in [0, 0.1) is 23.2 Å². The van der Waals surface area contributed by atoms with Gasteiger partial charge in [0.05, 0.1) is 6.07 Å². The van der Waals surface area contributed by atoms with Crippen LogP contribution < -0.4 is 5.73 Å². The number of carbonyl (C=O) groups is 2. The van der Waals surface area contributed by atoms with Gasteiger partial charge in [-0.25, -0.2) is 0 Å². The van der Waals surface area contributed by atoms with Gasteiger partial charge in [0.1, 0.15) is 5.92 Å². The number of ether oxygens (including phenoxy) is 1. The molecule has 0 unspecified atom stereocenters. The standard InChI is InChI=1S/C13H18N2O3/c1-9(15)11(7-14)12(16)8-18-13(17)6-10-4-2-3-5-10/h10-11H,1-6,8,15H2/t11-/m0/s1. The van der Waals surface area contributed by atoms with E-state index in [1.807, 2.05) is 0 Å². The first-order chi connectivity index (χ1) is 8.54. The SMILES string of the molecule is C=C(N)[C@H](C#N)C(=O)COC(=O)CC1CCCC1. The maximum Gasteiger partial charge on any atom is 0.306 e. The number of hydrogen-bond donors (Lipinski definition) is 1. The minimum absolute atomic E-state index is 0.0191. The Morgan fingerprint density at radius 1 is 1.44 bits per heavy atom. The Morgan fingerprint density at radius 2 is 2.06 bits per heavy atom. The second-order valence-corrected chi connectivity index (χ2v) is 4.62. The molecule has 0 aromatic carbocycles. The van der Waals surface area contributed by atoms with Crippen molar-refractivity contribution in [3.63, 3.8) is 0 Å². The zero-order chi connectivity index (χ0) is 13.5. The zero-order valence-corrected chi connectivity index (χ0v) is 10.4. The van der Waals surface area contributed by atoms with Crippen LogP contribution in [0.1, 0.15) is 32.1 Å². The van der Waals surface area contributed by atoms with Gasteiger partial charge in [-0.15, -0.1) is 0 Å². The number of ketones is 1. The molecule has 1 atom stereocenters. The van der Waals surface area contributed by atoms with Crippen LogP contribution in [0.25, 0.3) is 0 Å². The molecule has 1 aliphatic rings. The van der Waals surface area contributed by atoms with Crippen LogP contribution >= 0.6 is 0 Å². The van der Waals surface area contributed by atoms with E-state index >= 15 is 0 Å². The molecule has 1 rings (SSSR count). The molecule has 2 N–H and O–H groups in total. The lowest BCUT2D eigenvalue weighted by atomic mass is 10.0. The molecular formula is C13H18N2O3. The van der Waals surface area contributed by atoms with Crippen LogP contribution in [0.2, 0.25) is 0 Å². The van der Waals surface area contributed by atoms with Gasteiger partial charge in [-0.3, -0.25) is 9.59 Å². The van der Waals surface area contributed by atoms with Gasteiger partial charge in [-0.05, 0) is 18.8 Å². The first kappa shape index (κ1) is 14.2. The Kier molecular flexibility index (Phi) is 5.37. The molecule has 5 nitrogen and oxygen atoms in total. The van der Waals surface area contributed by atoms with E-state index in [0.29, 0.717) is 12.3 Å². The number of esters is 1. The lowest BCUT2D eigenvalue weighted by molar-refractivity contribution is -0.149. The molecule has 5 heteroatoms. The van der Waals surface area contributed by atoms with E-state index < -0.39 is 18.3 Å². The highest BCUT2D eigenvalue weighted by Gasteiger charge is 2.23. The van der Waals surface area contributed by atoms with E-state index in [-0.39, 0.29) is 11.7 Å². The fourth-order valence-electron chi connectivity index (χ4n) is 2.11. The molecule has 0 heterocycles. The van der Waals surface area contributed by atoms with E-state index in [2.05, 4.69) is 6.58 Å². The fraction of sp³-hybridized carbons (Fsp3) is 0.615. The molecular weight excluding hydrogens is 232 g/mol. The van der Waals surface area contributed by atoms with Gasteiger partial charge in [-0.1, -0.05) is 19.4 Å². The Morgan fingerprint density at radius 3 is 2.56 bits per heavy atom.